The van der Waals surface area contributed by atoms with Crippen molar-refractivity contribution >= 4 is 11.9 Å². The first-order chi connectivity index (χ1) is 10.1. The van der Waals surface area contributed by atoms with E-state index >= 15 is 0 Å². The Hall–Kier alpha value is -1.92. The maximum absolute atomic E-state index is 11.8. The molecular formula is C14H21N3O4. The van der Waals surface area contributed by atoms with Gasteiger partial charge in [0.05, 0.1) is 5.92 Å². The van der Waals surface area contributed by atoms with Crippen LogP contribution in [0, 0.1) is 5.92 Å². The first-order valence-electron chi connectivity index (χ1n) is 7.42. The van der Waals surface area contributed by atoms with Crippen LogP contribution < -0.4 is 5.32 Å². The third kappa shape index (κ3) is 4.54. The van der Waals surface area contributed by atoms with Gasteiger partial charge in [-0.2, -0.15) is 4.98 Å². The van der Waals surface area contributed by atoms with E-state index in [4.69, 9.17) is 9.63 Å². The van der Waals surface area contributed by atoms with Crippen molar-refractivity contribution in [3.63, 3.8) is 0 Å². The predicted octanol–water partition coefficient (Wildman–Crippen LogP) is 1.32. The van der Waals surface area contributed by atoms with E-state index in [2.05, 4.69) is 15.5 Å². The number of hydrogen-bond donors (Lipinski definition) is 2. The van der Waals surface area contributed by atoms with Gasteiger partial charge in [0.25, 0.3) is 0 Å². The molecule has 1 heterocycles. The van der Waals surface area contributed by atoms with Gasteiger partial charge in [0.15, 0.2) is 5.82 Å². The Labute approximate surface area is 123 Å². The molecule has 1 saturated carbocycles. The molecule has 21 heavy (non-hydrogen) atoms. The van der Waals surface area contributed by atoms with E-state index in [0.717, 1.165) is 19.3 Å². The van der Waals surface area contributed by atoms with Gasteiger partial charge in [-0.3, -0.25) is 9.59 Å². The second-order valence-corrected chi connectivity index (χ2v) is 5.47. The Balaban J connectivity index is 1.71. The van der Waals surface area contributed by atoms with E-state index in [1.54, 1.807) is 0 Å². The van der Waals surface area contributed by atoms with Crippen molar-refractivity contribution in [2.24, 2.45) is 5.92 Å². The van der Waals surface area contributed by atoms with Crippen LogP contribution in [0.2, 0.25) is 0 Å². The Bertz CT molecular complexity index is 500. The lowest BCUT2D eigenvalue weighted by molar-refractivity contribution is -0.141. The zero-order chi connectivity index (χ0) is 15.2. The highest BCUT2D eigenvalue weighted by atomic mass is 16.5. The van der Waals surface area contributed by atoms with Crippen LogP contribution in [0.15, 0.2) is 4.52 Å². The number of carboxylic acids is 1. The summed E-state index contributed by atoms with van der Waals surface area (Å²) in [5.41, 5.74) is 0. The summed E-state index contributed by atoms with van der Waals surface area (Å²) in [6, 6.07) is -0.0306. The highest BCUT2D eigenvalue weighted by molar-refractivity contribution is 5.77. The van der Waals surface area contributed by atoms with Crippen LogP contribution in [0.3, 0.4) is 0 Å². The predicted molar refractivity (Wildman–Crippen MR) is 73.5 cm³/mol. The van der Waals surface area contributed by atoms with Crippen LogP contribution in [-0.2, 0) is 22.4 Å². The number of carboxylic acid groups (broad SMARTS) is 1. The highest BCUT2D eigenvalue weighted by Gasteiger charge is 2.30. The molecule has 116 valence electrons. The van der Waals surface area contributed by atoms with Gasteiger partial charge in [-0.25, -0.2) is 0 Å². The average molecular weight is 295 g/mol. The third-order valence-electron chi connectivity index (χ3n) is 3.70. The number of aryl methyl sites for hydroxylation is 2. The highest BCUT2D eigenvalue weighted by Crippen LogP contribution is 2.25. The Morgan fingerprint density at radius 3 is 2.86 bits per heavy atom. The first kappa shape index (κ1) is 15.5. The molecular weight excluding hydrogens is 274 g/mol. The van der Waals surface area contributed by atoms with Crippen LogP contribution in [0.1, 0.15) is 50.7 Å². The molecule has 1 aromatic heterocycles. The minimum absolute atomic E-state index is 0.0306. The smallest absolute Gasteiger partial charge is 0.306 e. The normalized spacial score (nSPS) is 21.4. The maximum Gasteiger partial charge on any atom is 0.306 e. The van der Waals surface area contributed by atoms with Gasteiger partial charge >= 0.3 is 5.97 Å². The molecule has 2 N–H and O–H groups in total. The molecule has 7 nitrogen and oxygen atoms in total. The van der Waals surface area contributed by atoms with E-state index in [1.807, 2.05) is 6.92 Å². The fourth-order valence-electron chi connectivity index (χ4n) is 2.57. The number of amides is 1. The molecule has 0 radical (unpaired) electrons. The van der Waals surface area contributed by atoms with E-state index in [1.165, 1.54) is 0 Å². The molecule has 0 saturated heterocycles. The van der Waals surface area contributed by atoms with E-state index in [0.29, 0.717) is 31.0 Å². The topological polar surface area (TPSA) is 105 Å². The molecule has 1 aliphatic carbocycles. The van der Waals surface area contributed by atoms with E-state index in [9.17, 15) is 9.59 Å². The maximum atomic E-state index is 11.8. The van der Waals surface area contributed by atoms with Gasteiger partial charge in [0, 0.05) is 25.3 Å². The number of hydrogen-bond acceptors (Lipinski definition) is 5. The van der Waals surface area contributed by atoms with Crippen molar-refractivity contribution in [2.75, 3.05) is 0 Å². The molecule has 0 aliphatic heterocycles. The van der Waals surface area contributed by atoms with Crippen molar-refractivity contribution in [2.45, 2.75) is 57.9 Å². The van der Waals surface area contributed by atoms with Crippen LogP contribution in [0.5, 0.6) is 0 Å². The van der Waals surface area contributed by atoms with Crippen LogP contribution in [-0.4, -0.2) is 33.2 Å². The summed E-state index contributed by atoms with van der Waals surface area (Å²) >= 11 is 0. The SMILES string of the molecule is CCCc1noc(CCC(=O)N[C@H]2CC[C@@H](C(=O)O)C2)n1. The van der Waals surface area contributed by atoms with Gasteiger partial charge in [0.1, 0.15) is 0 Å². The summed E-state index contributed by atoms with van der Waals surface area (Å²) < 4.78 is 5.07. The molecule has 0 bridgehead atoms. The number of nitrogens with zero attached hydrogens (tertiary/aromatic N) is 2. The lowest BCUT2D eigenvalue weighted by atomic mass is 10.1. The van der Waals surface area contributed by atoms with E-state index in [-0.39, 0.29) is 24.3 Å². The number of carbonyl (C=O) groups excluding carboxylic acids is 1. The molecule has 0 unspecified atom stereocenters. The Morgan fingerprint density at radius 1 is 1.38 bits per heavy atom. The molecule has 0 spiro atoms. The zero-order valence-corrected chi connectivity index (χ0v) is 12.2. The standard InChI is InChI=1S/C14H21N3O4/c1-2-3-11-16-13(21-17-11)7-6-12(18)15-10-5-4-9(8-10)14(19)20/h9-10H,2-8H2,1H3,(H,15,18)(H,19,20)/t9-,10+/m1/s1. The summed E-state index contributed by atoms with van der Waals surface area (Å²) in [7, 11) is 0. The minimum Gasteiger partial charge on any atom is -0.481 e. The van der Waals surface area contributed by atoms with Crippen LogP contribution >= 0.6 is 0 Å². The van der Waals surface area contributed by atoms with Crippen molar-refractivity contribution < 1.29 is 19.2 Å². The van der Waals surface area contributed by atoms with Crippen molar-refractivity contribution in [3.8, 4) is 0 Å². The third-order valence-corrected chi connectivity index (χ3v) is 3.70. The second kappa shape index (κ2) is 7.19. The van der Waals surface area contributed by atoms with Gasteiger partial charge in [-0.15, -0.1) is 0 Å². The summed E-state index contributed by atoms with van der Waals surface area (Å²) in [6.07, 6.45) is 4.29. The quantitative estimate of drug-likeness (QED) is 0.786. The first-order valence-corrected chi connectivity index (χ1v) is 7.42. The van der Waals surface area contributed by atoms with Crippen molar-refractivity contribution in [1.29, 1.82) is 0 Å². The Morgan fingerprint density at radius 2 is 2.19 bits per heavy atom. The fraction of sp³-hybridized carbons (Fsp3) is 0.714. The Kier molecular flexibility index (Phi) is 5.30. The lowest BCUT2D eigenvalue weighted by Gasteiger charge is -2.11. The molecule has 2 atom stereocenters. The van der Waals surface area contributed by atoms with Gasteiger partial charge in [-0.05, 0) is 25.7 Å². The number of nitrogens with one attached hydrogen (secondary N) is 1. The summed E-state index contributed by atoms with van der Waals surface area (Å²) in [6.45, 7) is 2.04. The number of aromatic nitrogens is 2. The van der Waals surface area contributed by atoms with Gasteiger partial charge in [-0.1, -0.05) is 12.1 Å². The van der Waals surface area contributed by atoms with Crippen molar-refractivity contribution in [1.82, 2.24) is 15.5 Å². The van der Waals surface area contributed by atoms with Gasteiger partial charge < -0.3 is 14.9 Å². The number of carbonyl (C=O) groups is 2. The summed E-state index contributed by atoms with van der Waals surface area (Å²) in [4.78, 5) is 26.9. The molecule has 2 rings (SSSR count). The lowest BCUT2D eigenvalue weighted by Crippen LogP contribution is -2.33. The average Bonchev–Trinajstić information content (AvgIpc) is 3.06. The molecule has 1 aliphatic rings. The molecule has 1 aromatic rings. The molecule has 1 amide bonds. The van der Waals surface area contributed by atoms with Crippen LogP contribution in [0.4, 0.5) is 0 Å². The van der Waals surface area contributed by atoms with E-state index < -0.39 is 5.97 Å². The number of rotatable bonds is 7. The zero-order valence-electron chi connectivity index (χ0n) is 12.2. The van der Waals surface area contributed by atoms with Crippen LogP contribution in [0.25, 0.3) is 0 Å². The number of aliphatic carboxylic acids is 1. The summed E-state index contributed by atoms with van der Waals surface area (Å²) in [5.74, 6) is -0.0541. The van der Waals surface area contributed by atoms with Crippen molar-refractivity contribution in [3.05, 3.63) is 11.7 Å². The summed E-state index contributed by atoms with van der Waals surface area (Å²) in [5, 5.41) is 15.6. The van der Waals surface area contributed by atoms with Gasteiger partial charge in [0.2, 0.25) is 11.8 Å². The second-order valence-electron chi connectivity index (χ2n) is 5.47. The monoisotopic (exact) mass is 295 g/mol. The fourth-order valence-corrected chi connectivity index (χ4v) is 2.57. The largest absolute Gasteiger partial charge is 0.481 e. The molecule has 7 heteroatoms. The molecule has 0 aromatic carbocycles. The minimum atomic E-state index is -0.777. The molecule has 1 fully saturated rings.